The van der Waals surface area contributed by atoms with Gasteiger partial charge in [0.05, 0.1) is 11.3 Å². The third kappa shape index (κ3) is 2.75. The highest BCUT2D eigenvalue weighted by atomic mass is 35.5. The molecule has 0 radical (unpaired) electrons. The molecule has 2 aromatic heterocycles. The Labute approximate surface area is 118 Å². The average molecular weight is 302 g/mol. The van der Waals surface area contributed by atoms with Gasteiger partial charge < -0.3 is 0 Å². The first kappa shape index (κ1) is 14.7. The van der Waals surface area contributed by atoms with Crippen molar-refractivity contribution in [3.05, 3.63) is 41.1 Å². The summed E-state index contributed by atoms with van der Waals surface area (Å²) < 4.78 is 39.2. The van der Waals surface area contributed by atoms with Gasteiger partial charge in [-0.05, 0) is 12.0 Å². The maximum atomic E-state index is 13.1. The van der Waals surface area contributed by atoms with E-state index in [4.69, 9.17) is 11.6 Å². The van der Waals surface area contributed by atoms with Gasteiger partial charge in [-0.3, -0.25) is 4.98 Å². The number of rotatable bonds is 2. The SMILES string of the molecule is CC(C)c1c(Cl)ncnc1-c1cnccc1C(F)(F)F. The van der Waals surface area contributed by atoms with Crippen molar-refractivity contribution in [2.24, 2.45) is 0 Å². The summed E-state index contributed by atoms with van der Waals surface area (Å²) in [7, 11) is 0. The summed E-state index contributed by atoms with van der Waals surface area (Å²) in [5, 5.41) is 0.155. The number of halogens is 4. The largest absolute Gasteiger partial charge is 0.417 e. The molecule has 0 aliphatic rings. The van der Waals surface area contributed by atoms with Crippen molar-refractivity contribution in [3.8, 4) is 11.3 Å². The Morgan fingerprint density at radius 1 is 1.20 bits per heavy atom. The Kier molecular flexibility index (Phi) is 3.94. The highest BCUT2D eigenvalue weighted by Gasteiger charge is 2.35. The predicted octanol–water partition coefficient (Wildman–Crippen LogP) is 4.33. The van der Waals surface area contributed by atoms with Gasteiger partial charge in [0, 0.05) is 23.5 Å². The quantitative estimate of drug-likeness (QED) is 0.775. The van der Waals surface area contributed by atoms with E-state index < -0.39 is 11.7 Å². The molecule has 2 aromatic rings. The van der Waals surface area contributed by atoms with Gasteiger partial charge in [-0.25, -0.2) is 9.97 Å². The highest BCUT2D eigenvalue weighted by molar-refractivity contribution is 6.30. The van der Waals surface area contributed by atoms with Crippen LogP contribution < -0.4 is 0 Å². The van der Waals surface area contributed by atoms with E-state index in [1.54, 1.807) is 0 Å². The van der Waals surface area contributed by atoms with Crippen molar-refractivity contribution in [1.29, 1.82) is 0 Å². The Hall–Kier alpha value is -1.69. The fourth-order valence-electron chi connectivity index (χ4n) is 1.93. The van der Waals surface area contributed by atoms with Gasteiger partial charge >= 0.3 is 6.18 Å². The van der Waals surface area contributed by atoms with Crippen LogP contribution in [0.2, 0.25) is 5.15 Å². The summed E-state index contributed by atoms with van der Waals surface area (Å²) >= 11 is 5.99. The maximum absolute atomic E-state index is 13.1. The molecular weight excluding hydrogens is 291 g/mol. The van der Waals surface area contributed by atoms with Crippen molar-refractivity contribution in [3.63, 3.8) is 0 Å². The minimum absolute atomic E-state index is 0.0898. The number of nitrogens with zero attached hydrogens (tertiary/aromatic N) is 3. The molecule has 0 bridgehead atoms. The molecule has 106 valence electrons. The third-order valence-corrected chi connectivity index (χ3v) is 3.10. The lowest BCUT2D eigenvalue weighted by Gasteiger charge is -2.16. The van der Waals surface area contributed by atoms with Gasteiger partial charge in [0.25, 0.3) is 0 Å². The van der Waals surface area contributed by atoms with Crippen LogP contribution in [0.5, 0.6) is 0 Å². The molecule has 0 N–H and O–H groups in total. The van der Waals surface area contributed by atoms with E-state index in [2.05, 4.69) is 15.0 Å². The van der Waals surface area contributed by atoms with Crippen molar-refractivity contribution >= 4 is 11.6 Å². The fraction of sp³-hybridized carbons (Fsp3) is 0.308. The molecule has 0 saturated heterocycles. The minimum Gasteiger partial charge on any atom is -0.264 e. The second-order valence-electron chi connectivity index (χ2n) is 4.50. The van der Waals surface area contributed by atoms with Crippen LogP contribution in [0.25, 0.3) is 11.3 Å². The molecule has 0 unspecified atom stereocenters. The molecule has 2 rings (SSSR count). The molecule has 0 aliphatic heterocycles. The van der Waals surface area contributed by atoms with E-state index in [1.807, 2.05) is 13.8 Å². The van der Waals surface area contributed by atoms with E-state index in [0.717, 1.165) is 24.8 Å². The van der Waals surface area contributed by atoms with E-state index in [1.165, 1.54) is 0 Å². The van der Waals surface area contributed by atoms with Gasteiger partial charge in [0.1, 0.15) is 11.5 Å². The molecule has 7 heteroatoms. The molecule has 0 aliphatic carbocycles. The number of hydrogen-bond donors (Lipinski definition) is 0. The molecule has 0 atom stereocenters. The first-order valence-electron chi connectivity index (χ1n) is 5.84. The highest BCUT2D eigenvalue weighted by Crippen LogP contribution is 2.39. The molecule has 0 amide bonds. The van der Waals surface area contributed by atoms with Gasteiger partial charge in [-0.15, -0.1) is 0 Å². The zero-order valence-electron chi connectivity index (χ0n) is 10.7. The maximum Gasteiger partial charge on any atom is 0.417 e. The monoisotopic (exact) mass is 301 g/mol. The second kappa shape index (κ2) is 5.36. The zero-order chi connectivity index (χ0) is 14.9. The molecule has 0 spiro atoms. The average Bonchev–Trinajstić information content (AvgIpc) is 2.37. The Morgan fingerprint density at radius 3 is 2.50 bits per heavy atom. The molecule has 0 aromatic carbocycles. The van der Waals surface area contributed by atoms with Gasteiger partial charge in [0.2, 0.25) is 0 Å². The standard InChI is InChI=1S/C13H11ClF3N3/c1-7(2)10-11(19-6-20-12(10)14)8-5-18-4-3-9(8)13(15,16)17/h3-7H,1-2H3. The van der Waals surface area contributed by atoms with Crippen molar-refractivity contribution in [2.45, 2.75) is 25.9 Å². The number of pyridine rings is 1. The van der Waals surface area contributed by atoms with Gasteiger partial charge in [-0.2, -0.15) is 13.2 Å². The molecule has 2 heterocycles. The first-order valence-corrected chi connectivity index (χ1v) is 6.22. The van der Waals surface area contributed by atoms with Crippen LogP contribution in [0.1, 0.15) is 30.9 Å². The topological polar surface area (TPSA) is 38.7 Å². The summed E-state index contributed by atoms with van der Waals surface area (Å²) in [4.78, 5) is 11.6. The summed E-state index contributed by atoms with van der Waals surface area (Å²) in [6, 6.07) is 0.926. The molecular formula is C13H11ClF3N3. The van der Waals surface area contributed by atoms with Crippen LogP contribution in [0.4, 0.5) is 13.2 Å². The fourth-order valence-corrected chi connectivity index (χ4v) is 2.28. The number of alkyl halides is 3. The predicted molar refractivity (Wildman–Crippen MR) is 69.4 cm³/mol. The van der Waals surface area contributed by atoms with Crippen LogP contribution in [0.3, 0.4) is 0 Å². The van der Waals surface area contributed by atoms with Crippen molar-refractivity contribution in [1.82, 2.24) is 15.0 Å². The lowest BCUT2D eigenvalue weighted by Crippen LogP contribution is -2.09. The summed E-state index contributed by atoms with van der Waals surface area (Å²) in [5.41, 5.74) is -0.231. The first-order chi connectivity index (χ1) is 9.32. The summed E-state index contributed by atoms with van der Waals surface area (Å²) in [6.45, 7) is 3.63. The van der Waals surface area contributed by atoms with E-state index >= 15 is 0 Å². The Bertz CT molecular complexity index is 626. The smallest absolute Gasteiger partial charge is 0.264 e. The lowest BCUT2D eigenvalue weighted by atomic mass is 9.97. The summed E-state index contributed by atoms with van der Waals surface area (Å²) in [5.74, 6) is -0.111. The van der Waals surface area contributed by atoms with Crippen LogP contribution in [-0.4, -0.2) is 15.0 Å². The Morgan fingerprint density at radius 2 is 1.90 bits per heavy atom. The molecule has 0 saturated carbocycles. The molecule has 0 fully saturated rings. The van der Waals surface area contributed by atoms with Crippen LogP contribution in [0, 0.1) is 0 Å². The van der Waals surface area contributed by atoms with Crippen LogP contribution >= 0.6 is 11.6 Å². The second-order valence-corrected chi connectivity index (χ2v) is 4.86. The van der Waals surface area contributed by atoms with Gasteiger partial charge in [-0.1, -0.05) is 25.4 Å². The normalized spacial score (nSPS) is 11.9. The molecule has 3 nitrogen and oxygen atoms in total. The number of hydrogen-bond acceptors (Lipinski definition) is 3. The van der Waals surface area contributed by atoms with Crippen molar-refractivity contribution < 1.29 is 13.2 Å². The molecule has 20 heavy (non-hydrogen) atoms. The third-order valence-electron chi connectivity index (χ3n) is 2.79. The van der Waals surface area contributed by atoms with Crippen LogP contribution in [-0.2, 0) is 6.18 Å². The van der Waals surface area contributed by atoms with E-state index in [0.29, 0.717) is 5.56 Å². The lowest BCUT2D eigenvalue weighted by molar-refractivity contribution is -0.137. The van der Waals surface area contributed by atoms with Crippen LogP contribution in [0.15, 0.2) is 24.8 Å². The minimum atomic E-state index is -4.48. The summed E-state index contributed by atoms with van der Waals surface area (Å²) in [6.07, 6.45) is -1.09. The number of aromatic nitrogens is 3. The van der Waals surface area contributed by atoms with Crippen molar-refractivity contribution in [2.75, 3.05) is 0 Å². The Balaban J connectivity index is 2.73. The zero-order valence-corrected chi connectivity index (χ0v) is 11.5. The van der Waals surface area contributed by atoms with E-state index in [-0.39, 0.29) is 22.3 Å². The van der Waals surface area contributed by atoms with E-state index in [9.17, 15) is 13.2 Å². The van der Waals surface area contributed by atoms with Gasteiger partial charge in [0.15, 0.2) is 0 Å².